The van der Waals surface area contributed by atoms with Gasteiger partial charge in [-0.05, 0) is 18.1 Å². The molecule has 0 aromatic heterocycles. The van der Waals surface area contributed by atoms with Crippen LogP contribution in [0.2, 0.25) is 18.1 Å². The molecule has 0 aromatic rings. The molecule has 0 bridgehead atoms. The largest absolute Gasteiger partial charge is 0.415 e. The van der Waals surface area contributed by atoms with Crippen molar-refractivity contribution in [2.24, 2.45) is 10.7 Å². The SMILES string of the molecule is CC(C)(C)[Si](C)(C)OCC1CN=C(N)N1. The minimum atomic E-state index is -1.63. The van der Waals surface area contributed by atoms with Gasteiger partial charge in [-0.15, -0.1) is 0 Å². The van der Waals surface area contributed by atoms with E-state index in [0.29, 0.717) is 12.6 Å². The second kappa shape index (κ2) is 4.13. The highest BCUT2D eigenvalue weighted by Crippen LogP contribution is 2.36. The molecule has 1 atom stereocenters. The van der Waals surface area contributed by atoms with E-state index in [9.17, 15) is 0 Å². The molecule has 0 radical (unpaired) electrons. The zero-order valence-electron chi connectivity index (χ0n) is 10.4. The van der Waals surface area contributed by atoms with E-state index >= 15 is 0 Å². The summed E-state index contributed by atoms with van der Waals surface area (Å²) in [5, 5.41) is 3.36. The molecule has 5 heteroatoms. The summed E-state index contributed by atoms with van der Waals surface area (Å²) in [7, 11) is -1.63. The van der Waals surface area contributed by atoms with Crippen molar-refractivity contribution in [1.82, 2.24) is 5.32 Å². The molecule has 0 aromatic carbocycles. The quantitative estimate of drug-likeness (QED) is 0.717. The lowest BCUT2D eigenvalue weighted by atomic mass is 10.2. The summed E-state index contributed by atoms with van der Waals surface area (Å²) < 4.78 is 6.07. The van der Waals surface area contributed by atoms with Crippen LogP contribution in [0.4, 0.5) is 0 Å². The van der Waals surface area contributed by atoms with Crippen LogP contribution in [0.3, 0.4) is 0 Å². The Morgan fingerprint density at radius 1 is 1.53 bits per heavy atom. The van der Waals surface area contributed by atoms with Crippen molar-refractivity contribution >= 4 is 14.3 Å². The van der Waals surface area contributed by atoms with Crippen molar-refractivity contribution in [3.8, 4) is 0 Å². The lowest BCUT2D eigenvalue weighted by molar-refractivity contribution is 0.261. The first-order valence-corrected chi connectivity index (χ1v) is 8.33. The Labute approximate surface area is 93.4 Å². The maximum atomic E-state index is 6.07. The van der Waals surface area contributed by atoms with Gasteiger partial charge in [-0.25, -0.2) is 0 Å². The van der Waals surface area contributed by atoms with Crippen LogP contribution in [-0.2, 0) is 4.43 Å². The highest BCUT2D eigenvalue weighted by atomic mass is 28.4. The molecular formula is C10H23N3OSi. The summed E-state index contributed by atoms with van der Waals surface area (Å²) >= 11 is 0. The number of aliphatic imine (C=N–C) groups is 1. The van der Waals surface area contributed by atoms with Gasteiger partial charge in [0.15, 0.2) is 14.3 Å². The van der Waals surface area contributed by atoms with Gasteiger partial charge in [0.25, 0.3) is 0 Å². The smallest absolute Gasteiger partial charge is 0.192 e. The summed E-state index contributed by atoms with van der Waals surface area (Å²) in [6, 6.07) is 0.263. The van der Waals surface area contributed by atoms with Crippen molar-refractivity contribution in [1.29, 1.82) is 0 Å². The van der Waals surface area contributed by atoms with Crippen LogP contribution >= 0.6 is 0 Å². The second-order valence-electron chi connectivity index (χ2n) is 5.64. The summed E-state index contributed by atoms with van der Waals surface area (Å²) in [4.78, 5) is 4.10. The number of hydrogen-bond acceptors (Lipinski definition) is 4. The lowest BCUT2D eigenvalue weighted by Gasteiger charge is -2.36. The zero-order chi connectivity index (χ0) is 11.7. The molecule has 88 valence electrons. The maximum absolute atomic E-state index is 6.07. The van der Waals surface area contributed by atoms with Crippen LogP contribution in [0.25, 0.3) is 0 Å². The molecule has 1 rings (SSSR count). The molecule has 0 spiro atoms. The topological polar surface area (TPSA) is 59.6 Å². The van der Waals surface area contributed by atoms with Crippen molar-refractivity contribution in [2.45, 2.75) is 44.9 Å². The number of guanidine groups is 1. The second-order valence-corrected chi connectivity index (χ2v) is 10.4. The van der Waals surface area contributed by atoms with E-state index in [4.69, 9.17) is 10.2 Å². The van der Waals surface area contributed by atoms with E-state index in [2.05, 4.69) is 44.2 Å². The minimum absolute atomic E-state index is 0.262. The monoisotopic (exact) mass is 229 g/mol. The zero-order valence-corrected chi connectivity index (χ0v) is 11.4. The van der Waals surface area contributed by atoms with Crippen LogP contribution < -0.4 is 11.1 Å². The summed E-state index contributed by atoms with van der Waals surface area (Å²) in [5.74, 6) is 0.541. The normalized spacial score (nSPS) is 22.5. The first kappa shape index (κ1) is 12.5. The lowest BCUT2D eigenvalue weighted by Crippen LogP contribution is -2.46. The highest BCUT2D eigenvalue weighted by Gasteiger charge is 2.37. The average molecular weight is 229 g/mol. The molecule has 1 heterocycles. The van der Waals surface area contributed by atoms with E-state index in [-0.39, 0.29) is 11.1 Å². The number of nitrogens with two attached hydrogens (primary N) is 1. The number of hydrogen-bond donors (Lipinski definition) is 2. The maximum Gasteiger partial charge on any atom is 0.192 e. The van der Waals surface area contributed by atoms with Gasteiger partial charge in [0.2, 0.25) is 0 Å². The Morgan fingerprint density at radius 3 is 2.53 bits per heavy atom. The van der Waals surface area contributed by atoms with Crippen LogP contribution in [0.1, 0.15) is 20.8 Å². The van der Waals surface area contributed by atoms with Gasteiger partial charge in [-0.1, -0.05) is 20.8 Å². The Bertz CT molecular complexity index is 258. The summed E-state index contributed by atoms with van der Waals surface area (Å²) in [6.45, 7) is 12.7. The fourth-order valence-corrected chi connectivity index (χ4v) is 2.18. The van der Waals surface area contributed by atoms with E-state index < -0.39 is 8.32 Å². The van der Waals surface area contributed by atoms with Crippen LogP contribution in [-0.4, -0.2) is 33.5 Å². The number of rotatable bonds is 3. The average Bonchev–Trinajstić information content (AvgIpc) is 2.46. The first-order valence-electron chi connectivity index (χ1n) is 5.43. The van der Waals surface area contributed by atoms with E-state index in [1.165, 1.54) is 0 Å². The van der Waals surface area contributed by atoms with Crippen molar-refractivity contribution < 1.29 is 4.43 Å². The predicted octanol–water partition coefficient (Wildman–Crippen LogP) is 1.29. The highest BCUT2D eigenvalue weighted by molar-refractivity contribution is 6.74. The van der Waals surface area contributed by atoms with Crippen molar-refractivity contribution in [3.63, 3.8) is 0 Å². The molecule has 0 amide bonds. The summed E-state index contributed by atoms with van der Waals surface area (Å²) in [6.07, 6.45) is 0. The fraction of sp³-hybridized carbons (Fsp3) is 0.900. The van der Waals surface area contributed by atoms with Gasteiger partial charge < -0.3 is 15.5 Å². The molecule has 4 nitrogen and oxygen atoms in total. The first-order chi connectivity index (χ1) is 6.72. The molecule has 1 aliphatic rings. The Morgan fingerprint density at radius 2 is 2.13 bits per heavy atom. The molecule has 0 saturated heterocycles. The third kappa shape index (κ3) is 3.20. The Balaban J connectivity index is 2.38. The molecule has 1 aliphatic heterocycles. The molecule has 15 heavy (non-hydrogen) atoms. The predicted molar refractivity (Wildman–Crippen MR) is 66.6 cm³/mol. The molecule has 0 saturated carbocycles. The fourth-order valence-electron chi connectivity index (χ4n) is 1.13. The minimum Gasteiger partial charge on any atom is -0.415 e. The van der Waals surface area contributed by atoms with Crippen LogP contribution in [0.5, 0.6) is 0 Å². The standard InChI is InChI=1S/C10H23N3OSi/c1-10(2,3)15(4,5)14-7-8-6-12-9(11)13-8/h8H,6-7H2,1-5H3,(H3,11,12,13). The molecule has 1 unspecified atom stereocenters. The van der Waals surface area contributed by atoms with Crippen LogP contribution in [0.15, 0.2) is 4.99 Å². The number of nitrogens with zero attached hydrogens (tertiary/aromatic N) is 1. The molecule has 0 fully saturated rings. The molecule has 0 aliphatic carbocycles. The van der Waals surface area contributed by atoms with Gasteiger partial charge in [0.05, 0.1) is 19.2 Å². The van der Waals surface area contributed by atoms with Gasteiger partial charge in [0, 0.05) is 0 Å². The third-order valence-electron chi connectivity index (χ3n) is 3.29. The summed E-state index contributed by atoms with van der Waals surface area (Å²) in [5.41, 5.74) is 5.54. The van der Waals surface area contributed by atoms with Gasteiger partial charge >= 0.3 is 0 Å². The third-order valence-corrected chi connectivity index (χ3v) is 7.79. The van der Waals surface area contributed by atoms with Crippen molar-refractivity contribution in [2.75, 3.05) is 13.2 Å². The van der Waals surface area contributed by atoms with Gasteiger partial charge in [-0.3, -0.25) is 4.99 Å². The van der Waals surface area contributed by atoms with Gasteiger partial charge in [-0.2, -0.15) is 0 Å². The number of nitrogens with one attached hydrogen (secondary N) is 1. The van der Waals surface area contributed by atoms with E-state index in [0.717, 1.165) is 6.54 Å². The van der Waals surface area contributed by atoms with Gasteiger partial charge in [0.1, 0.15) is 0 Å². The molecular weight excluding hydrogens is 206 g/mol. The van der Waals surface area contributed by atoms with Crippen molar-refractivity contribution in [3.05, 3.63) is 0 Å². The Hall–Kier alpha value is -0.553. The van der Waals surface area contributed by atoms with E-state index in [1.807, 2.05) is 0 Å². The Kier molecular flexibility index (Phi) is 3.45. The molecule has 3 N–H and O–H groups in total. The van der Waals surface area contributed by atoms with E-state index in [1.54, 1.807) is 0 Å². The van der Waals surface area contributed by atoms with Crippen LogP contribution in [0, 0.1) is 0 Å².